The summed E-state index contributed by atoms with van der Waals surface area (Å²) in [7, 11) is 0. The summed E-state index contributed by atoms with van der Waals surface area (Å²) in [4.78, 5) is 46.2. The van der Waals surface area contributed by atoms with Gasteiger partial charge in [-0.3, -0.25) is 14.4 Å². The number of imide groups is 3. The molecule has 2 rings (SSSR count). The van der Waals surface area contributed by atoms with Crippen molar-refractivity contribution in [2.75, 3.05) is 11.9 Å². The third kappa shape index (κ3) is 2.05. The number of carbonyl (C=O) groups excluding carboxylic acids is 4. The van der Waals surface area contributed by atoms with Crippen molar-refractivity contribution in [3.05, 3.63) is 29.3 Å². The first kappa shape index (κ1) is 12.7. The largest absolute Gasteiger partial charge is 0.449 e. The predicted molar refractivity (Wildman–Crippen MR) is 63.7 cm³/mol. The van der Waals surface area contributed by atoms with E-state index in [0.717, 1.165) is 0 Å². The second kappa shape index (κ2) is 4.89. The van der Waals surface area contributed by atoms with Gasteiger partial charge in [-0.1, -0.05) is 0 Å². The molecule has 19 heavy (non-hydrogen) atoms. The monoisotopic (exact) mass is 262 g/mol. The fraction of sp³-hybridized carbons (Fsp3) is 0.167. The quantitative estimate of drug-likeness (QED) is 0.648. The van der Waals surface area contributed by atoms with Crippen LogP contribution in [0.15, 0.2) is 18.2 Å². The zero-order valence-electron chi connectivity index (χ0n) is 10.0. The summed E-state index contributed by atoms with van der Waals surface area (Å²) >= 11 is 0. The van der Waals surface area contributed by atoms with Gasteiger partial charge in [0.05, 0.1) is 17.7 Å². The van der Waals surface area contributed by atoms with Crippen molar-refractivity contribution in [3.63, 3.8) is 0 Å². The number of carbonyl (C=O) groups is 4. The van der Waals surface area contributed by atoms with Gasteiger partial charge in [0.2, 0.25) is 6.41 Å². The lowest BCUT2D eigenvalue weighted by Crippen LogP contribution is -2.36. The molecular weight excluding hydrogens is 252 g/mol. The molecular formula is C12H10N2O5. The Hall–Kier alpha value is -2.70. The van der Waals surface area contributed by atoms with Crippen molar-refractivity contribution in [3.8, 4) is 0 Å². The van der Waals surface area contributed by atoms with Gasteiger partial charge in [0.25, 0.3) is 11.8 Å². The van der Waals surface area contributed by atoms with Gasteiger partial charge in [0.15, 0.2) is 0 Å². The first-order valence-corrected chi connectivity index (χ1v) is 5.50. The highest BCUT2D eigenvalue weighted by Crippen LogP contribution is 2.26. The van der Waals surface area contributed by atoms with Crippen LogP contribution in [-0.4, -0.2) is 35.8 Å². The molecule has 1 aliphatic heterocycles. The normalized spacial score (nSPS) is 13.2. The molecule has 0 saturated heterocycles. The number of anilines is 1. The van der Waals surface area contributed by atoms with Gasteiger partial charge in [-0.15, -0.1) is 0 Å². The smallest absolute Gasteiger partial charge is 0.424 e. The van der Waals surface area contributed by atoms with Gasteiger partial charge in [0, 0.05) is 5.69 Å². The van der Waals surface area contributed by atoms with Crippen LogP contribution in [0.1, 0.15) is 27.6 Å². The molecule has 0 bridgehead atoms. The summed E-state index contributed by atoms with van der Waals surface area (Å²) in [5.41, 5.74) is 0.528. The van der Waals surface area contributed by atoms with E-state index in [2.05, 4.69) is 10.1 Å². The van der Waals surface area contributed by atoms with Gasteiger partial charge in [-0.05, 0) is 25.1 Å². The lowest BCUT2D eigenvalue weighted by molar-refractivity contribution is -0.105. The fourth-order valence-corrected chi connectivity index (χ4v) is 1.75. The number of hydrogen-bond acceptors (Lipinski definition) is 5. The Morgan fingerprint density at radius 1 is 1.32 bits per heavy atom. The van der Waals surface area contributed by atoms with Crippen LogP contribution in [-0.2, 0) is 9.53 Å². The minimum Gasteiger partial charge on any atom is -0.449 e. The standard InChI is InChI=1S/C12H10N2O5/c1-2-19-12(18)14-10(16)8-4-3-7(13-6-15)5-9(8)11(14)17/h3-6H,2H2,1H3,(H,13,15). The van der Waals surface area contributed by atoms with E-state index in [9.17, 15) is 19.2 Å². The first-order valence-electron chi connectivity index (χ1n) is 5.50. The van der Waals surface area contributed by atoms with Crippen LogP contribution in [0.5, 0.6) is 0 Å². The van der Waals surface area contributed by atoms with E-state index < -0.39 is 17.9 Å². The molecule has 1 aliphatic rings. The second-order valence-electron chi connectivity index (χ2n) is 3.67. The summed E-state index contributed by atoms with van der Waals surface area (Å²) in [6.07, 6.45) is -0.551. The highest BCUT2D eigenvalue weighted by atomic mass is 16.6. The Balaban J connectivity index is 2.38. The molecule has 0 radical (unpaired) electrons. The minimum absolute atomic E-state index is 0.0597. The number of rotatable bonds is 3. The SMILES string of the molecule is CCOC(=O)N1C(=O)c2ccc(NC=O)cc2C1=O. The molecule has 1 N–H and O–H groups in total. The van der Waals surface area contributed by atoms with Crippen molar-refractivity contribution in [1.29, 1.82) is 0 Å². The van der Waals surface area contributed by atoms with Crippen LogP contribution >= 0.6 is 0 Å². The molecule has 1 aromatic carbocycles. The molecule has 0 saturated carbocycles. The van der Waals surface area contributed by atoms with E-state index >= 15 is 0 Å². The van der Waals surface area contributed by atoms with Gasteiger partial charge in [-0.25, -0.2) is 4.79 Å². The minimum atomic E-state index is -1.00. The lowest BCUT2D eigenvalue weighted by atomic mass is 10.1. The molecule has 1 heterocycles. The average molecular weight is 262 g/mol. The van der Waals surface area contributed by atoms with Crippen molar-refractivity contribution in [2.45, 2.75) is 6.92 Å². The summed E-state index contributed by atoms with van der Waals surface area (Å²) in [5, 5.41) is 2.36. The number of hydrogen-bond donors (Lipinski definition) is 1. The van der Waals surface area contributed by atoms with E-state index in [1.807, 2.05) is 0 Å². The molecule has 0 aliphatic carbocycles. The molecule has 0 fully saturated rings. The van der Waals surface area contributed by atoms with Gasteiger partial charge in [-0.2, -0.15) is 4.90 Å². The van der Waals surface area contributed by atoms with E-state index in [1.54, 1.807) is 6.92 Å². The molecule has 0 spiro atoms. The van der Waals surface area contributed by atoms with Crippen LogP contribution in [0.3, 0.4) is 0 Å². The number of nitrogens with one attached hydrogen (secondary N) is 1. The van der Waals surface area contributed by atoms with Gasteiger partial charge < -0.3 is 10.1 Å². The second-order valence-corrected chi connectivity index (χ2v) is 3.67. The van der Waals surface area contributed by atoms with Crippen LogP contribution in [0.25, 0.3) is 0 Å². The molecule has 0 unspecified atom stereocenters. The first-order chi connectivity index (χ1) is 9.10. The van der Waals surface area contributed by atoms with E-state index in [1.165, 1.54) is 18.2 Å². The third-order valence-corrected chi connectivity index (χ3v) is 2.56. The number of nitrogens with zero attached hydrogens (tertiary/aromatic N) is 1. The zero-order chi connectivity index (χ0) is 14.0. The van der Waals surface area contributed by atoms with Crippen LogP contribution in [0, 0.1) is 0 Å². The van der Waals surface area contributed by atoms with E-state index in [0.29, 0.717) is 17.0 Å². The van der Waals surface area contributed by atoms with Crippen molar-refractivity contribution in [1.82, 2.24) is 4.90 Å². The molecule has 1 aromatic rings. The Labute approximate surface area is 108 Å². The fourth-order valence-electron chi connectivity index (χ4n) is 1.75. The van der Waals surface area contributed by atoms with Gasteiger partial charge >= 0.3 is 6.09 Å². The van der Waals surface area contributed by atoms with E-state index in [4.69, 9.17) is 0 Å². The zero-order valence-corrected chi connectivity index (χ0v) is 10.0. The van der Waals surface area contributed by atoms with Crippen LogP contribution in [0.4, 0.5) is 10.5 Å². The highest BCUT2D eigenvalue weighted by molar-refractivity contribution is 6.28. The maximum Gasteiger partial charge on any atom is 0.424 e. The van der Waals surface area contributed by atoms with Crippen molar-refractivity contribution >= 4 is 30.0 Å². The van der Waals surface area contributed by atoms with Crippen LogP contribution in [0.2, 0.25) is 0 Å². The topological polar surface area (TPSA) is 92.8 Å². The Morgan fingerprint density at radius 3 is 2.63 bits per heavy atom. The predicted octanol–water partition coefficient (Wildman–Crippen LogP) is 1.01. The number of ether oxygens (including phenoxy) is 1. The van der Waals surface area contributed by atoms with Crippen molar-refractivity contribution in [2.24, 2.45) is 0 Å². The Kier molecular flexibility index (Phi) is 3.28. The maximum atomic E-state index is 12.0. The Morgan fingerprint density at radius 2 is 2.00 bits per heavy atom. The van der Waals surface area contributed by atoms with Crippen molar-refractivity contribution < 1.29 is 23.9 Å². The maximum absolute atomic E-state index is 12.0. The van der Waals surface area contributed by atoms with Crippen LogP contribution < -0.4 is 5.32 Å². The number of fused-ring (bicyclic) bond motifs is 1. The highest BCUT2D eigenvalue weighted by Gasteiger charge is 2.41. The van der Waals surface area contributed by atoms with Gasteiger partial charge in [0.1, 0.15) is 0 Å². The molecule has 7 nitrogen and oxygen atoms in total. The molecule has 4 amide bonds. The number of amides is 4. The lowest BCUT2D eigenvalue weighted by Gasteiger charge is -2.10. The molecule has 0 atom stereocenters. The molecule has 98 valence electrons. The average Bonchev–Trinajstić information content (AvgIpc) is 2.62. The molecule has 0 aromatic heterocycles. The van der Waals surface area contributed by atoms with E-state index in [-0.39, 0.29) is 17.7 Å². The summed E-state index contributed by atoms with van der Waals surface area (Å²) in [6, 6.07) is 4.18. The summed E-state index contributed by atoms with van der Waals surface area (Å²) in [6.45, 7) is 1.63. The molecule has 7 heteroatoms. The Bertz CT molecular complexity index is 581. The number of benzene rings is 1. The third-order valence-electron chi connectivity index (χ3n) is 2.56. The summed E-state index contributed by atoms with van der Waals surface area (Å²) in [5.74, 6) is -1.48. The summed E-state index contributed by atoms with van der Waals surface area (Å²) < 4.78 is 4.65.